The van der Waals surface area contributed by atoms with E-state index in [1.807, 2.05) is 66.7 Å². The molecular weight excluding hydrogens is 424 g/mol. The Kier molecular flexibility index (Phi) is 7.35. The van der Waals surface area contributed by atoms with Crippen LogP contribution in [0.4, 0.5) is 11.4 Å². The topological polar surface area (TPSA) is 58.6 Å². The lowest BCUT2D eigenvalue weighted by atomic mass is 10.1. The number of hydrogen-bond donors (Lipinski definition) is 1. The van der Waals surface area contributed by atoms with Crippen LogP contribution in [0.1, 0.15) is 26.3 Å². The third-order valence-corrected chi connectivity index (χ3v) is 5.44. The van der Waals surface area contributed by atoms with E-state index in [2.05, 4.69) is 5.32 Å². The molecule has 5 heteroatoms. The molecule has 0 saturated carbocycles. The number of carbonyl (C=O) groups is 2. The van der Waals surface area contributed by atoms with Crippen LogP contribution in [0, 0.1) is 0 Å². The van der Waals surface area contributed by atoms with Gasteiger partial charge in [-0.25, -0.2) is 0 Å². The molecule has 0 radical (unpaired) electrons. The van der Waals surface area contributed by atoms with Gasteiger partial charge >= 0.3 is 0 Å². The highest BCUT2D eigenvalue weighted by Crippen LogP contribution is 2.22. The van der Waals surface area contributed by atoms with Gasteiger partial charge in [-0.1, -0.05) is 66.7 Å². The van der Waals surface area contributed by atoms with Crippen LogP contribution in [-0.2, 0) is 6.42 Å². The SMILES string of the molecule is CN(C(=O)c1cccc(NC(=O)c2ccccc2OCCc2ccccc2)c1)c1ccccc1. The van der Waals surface area contributed by atoms with Gasteiger partial charge < -0.3 is 15.0 Å². The van der Waals surface area contributed by atoms with E-state index < -0.39 is 0 Å². The van der Waals surface area contributed by atoms with Crippen LogP contribution in [-0.4, -0.2) is 25.5 Å². The Morgan fingerprint density at radius 2 is 1.47 bits per heavy atom. The molecule has 0 heterocycles. The summed E-state index contributed by atoms with van der Waals surface area (Å²) in [6.45, 7) is 0.462. The molecule has 0 aromatic heterocycles. The lowest BCUT2D eigenvalue weighted by Gasteiger charge is -2.18. The van der Waals surface area contributed by atoms with Crippen LogP contribution in [0.3, 0.4) is 0 Å². The van der Waals surface area contributed by atoms with E-state index in [0.717, 1.165) is 12.1 Å². The number of anilines is 2. The van der Waals surface area contributed by atoms with Crippen LogP contribution in [0.25, 0.3) is 0 Å². The minimum absolute atomic E-state index is 0.160. The average molecular weight is 451 g/mol. The van der Waals surface area contributed by atoms with Crippen LogP contribution >= 0.6 is 0 Å². The second-order valence-electron chi connectivity index (χ2n) is 7.81. The molecule has 4 aromatic rings. The molecule has 5 nitrogen and oxygen atoms in total. The van der Waals surface area contributed by atoms with Crippen molar-refractivity contribution in [2.45, 2.75) is 6.42 Å². The number of nitrogens with zero attached hydrogens (tertiary/aromatic N) is 1. The van der Waals surface area contributed by atoms with Gasteiger partial charge in [-0.15, -0.1) is 0 Å². The van der Waals surface area contributed by atoms with E-state index in [0.29, 0.717) is 29.2 Å². The molecule has 0 unspecified atom stereocenters. The quantitative estimate of drug-likeness (QED) is 0.367. The van der Waals surface area contributed by atoms with Crippen molar-refractivity contribution >= 4 is 23.2 Å². The highest BCUT2D eigenvalue weighted by molar-refractivity contribution is 6.09. The molecule has 0 aliphatic rings. The minimum atomic E-state index is -0.295. The number of benzene rings is 4. The van der Waals surface area contributed by atoms with E-state index in [-0.39, 0.29) is 11.8 Å². The van der Waals surface area contributed by atoms with Crippen LogP contribution in [0.2, 0.25) is 0 Å². The predicted octanol–water partition coefficient (Wildman–Crippen LogP) is 5.84. The highest BCUT2D eigenvalue weighted by atomic mass is 16.5. The maximum atomic E-state index is 13.0. The lowest BCUT2D eigenvalue weighted by molar-refractivity contribution is 0.0989. The molecule has 0 fully saturated rings. The summed E-state index contributed by atoms with van der Waals surface area (Å²) in [6.07, 6.45) is 0.746. The maximum absolute atomic E-state index is 13.0. The Morgan fingerprint density at radius 1 is 0.794 bits per heavy atom. The Balaban J connectivity index is 1.43. The first-order chi connectivity index (χ1) is 16.6. The van der Waals surface area contributed by atoms with Crippen molar-refractivity contribution in [1.82, 2.24) is 0 Å². The largest absolute Gasteiger partial charge is 0.492 e. The summed E-state index contributed by atoms with van der Waals surface area (Å²) in [5.74, 6) is 0.0650. The van der Waals surface area contributed by atoms with Gasteiger partial charge in [-0.05, 0) is 48.0 Å². The molecule has 0 aliphatic carbocycles. The van der Waals surface area contributed by atoms with Gasteiger partial charge in [0.25, 0.3) is 11.8 Å². The number of hydrogen-bond acceptors (Lipinski definition) is 3. The number of amides is 2. The minimum Gasteiger partial charge on any atom is -0.492 e. The van der Waals surface area contributed by atoms with Crippen molar-refractivity contribution in [2.24, 2.45) is 0 Å². The first-order valence-corrected chi connectivity index (χ1v) is 11.1. The van der Waals surface area contributed by atoms with E-state index >= 15 is 0 Å². The third-order valence-electron chi connectivity index (χ3n) is 5.44. The van der Waals surface area contributed by atoms with Crippen molar-refractivity contribution in [3.63, 3.8) is 0 Å². The number of rotatable bonds is 8. The fourth-order valence-corrected chi connectivity index (χ4v) is 3.59. The zero-order valence-electron chi connectivity index (χ0n) is 19.0. The summed E-state index contributed by atoms with van der Waals surface area (Å²) < 4.78 is 5.92. The van der Waals surface area contributed by atoms with Gasteiger partial charge in [0.2, 0.25) is 0 Å². The molecule has 0 aliphatic heterocycles. The second-order valence-corrected chi connectivity index (χ2v) is 7.81. The fourth-order valence-electron chi connectivity index (χ4n) is 3.59. The predicted molar refractivity (Wildman–Crippen MR) is 136 cm³/mol. The highest BCUT2D eigenvalue weighted by Gasteiger charge is 2.16. The molecule has 0 saturated heterocycles. The lowest BCUT2D eigenvalue weighted by Crippen LogP contribution is -2.26. The molecule has 1 N–H and O–H groups in total. The molecule has 2 amide bonds. The monoisotopic (exact) mass is 450 g/mol. The van der Waals surface area contributed by atoms with Gasteiger partial charge in [0, 0.05) is 30.4 Å². The van der Waals surface area contributed by atoms with Crippen molar-refractivity contribution in [3.05, 3.63) is 126 Å². The number of para-hydroxylation sites is 2. The average Bonchev–Trinajstić information content (AvgIpc) is 2.89. The van der Waals surface area contributed by atoms with Crippen molar-refractivity contribution in [2.75, 3.05) is 23.9 Å². The summed E-state index contributed by atoms with van der Waals surface area (Å²) in [4.78, 5) is 27.5. The fraction of sp³-hybridized carbons (Fsp3) is 0.103. The molecule has 0 atom stereocenters. The third kappa shape index (κ3) is 5.70. The molecule has 0 spiro atoms. The number of nitrogens with one attached hydrogen (secondary N) is 1. The van der Waals surface area contributed by atoms with Gasteiger partial charge in [0.15, 0.2) is 0 Å². The van der Waals surface area contributed by atoms with Crippen LogP contribution in [0.15, 0.2) is 109 Å². The zero-order valence-corrected chi connectivity index (χ0v) is 19.0. The molecule has 4 rings (SSSR count). The molecule has 4 aromatic carbocycles. The number of ether oxygens (including phenoxy) is 1. The van der Waals surface area contributed by atoms with Gasteiger partial charge in [0.1, 0.15) is 5.75 Å². The van der Waals surface area contributed by atoms with Crippen molar-refractivity contribution < 1.29 is 14.3 Å². The van der Waals surface area contributed by atoms with Crippen molar-refractivity contribution in [1.29, 1.82) is 0 Å². The van der Waals surface area contributed by atoms with E-state index in [1.54, 1.807) is 54.4 Å². The van der Waals surface area contributed by atoms with Gasteiger partial charge in [0.05, 0.1) is 12.2 Å². The summed E-state index contributed by atoms with van der Waals surface area (Å²) in [7, 11) is 1.73. The smallest absolute Gasteiger partial charge is 0.259 e. The van der Waals surface area contributed by atoms with Crippen LogP contribution < -0.4 is 15.0 Å². The van der Waals surface area contributed by atoms with Crippen LogP contribution in [0.5, 0.6) is 5.75 Å². The Labute approximate surface area is 199 Å². The molecule has 0 bridgehead atoms. The Hall–Kier alpha value is -4.38. The Bertz CT molecular complexity index is 1260. The Morgan fingerprint density at radius 3 is 2.24 bits per heavy atom. The molecule has 170 valence electrons. The molecule has 34 heavy (non-hydrogen) atoms. The molecular formula is C29H26N2O3. The summed E-state index contributed by atoms with van der Waals surface area (Å²) >= 11 is 0. The van der Waals surface area contributed by atoms with Gasteiger partial charge in [-0.3, -0.25) is 9.59 Å². The maximum Gasteiger partial charge on any atom is 0.259 e. The van der Waals surface area contributed by atoms with Crippen molar-refractivity contribution in [3.8, 4) is 5.75 Å². The first kappa shape index (κ1) is 22.8. The number of carbonyl (C=O) groups excluding carboxylic acids is 2. The summed E-state index contributed by atoms with van der Waals surface area (Å²) in [6, 6.07) is 33.6. The normalized spacial score (nSPS) is 10.4. The zero-order chi connectivity index (χ0) is 23.8. The second kappa shape index (κ2) is 11.0. The summed E-state index contributed by atoms with van der Waals surface area (Å²) in [5.41, 5.74) is 3.43. The first-order valence-electron chi connectivity index (χ1n) is 11.1. The summed E-state index contributed by atoms with van der Waals surface area (Å²) in [5, 5.41) is 2.89. The van der Waals surface area contributed by atoms with E-state index in [4.69, 9.17) is 4.74 Å². The van der Waals surface area contributed by atoms with E-state index in [9.17, 15) is 9.59 Å². The van der Waals surface area contributed by atoms with Gasteiger partial charge in [-0.2, -0.15) is 0 Å². The van der Waals surface area contributed by atoms with E-state index in [1.165, 1.54) is 5.56 Å². The standard InChI is InChI=1S/C29H26N2O3/c1-31(25-15-6-3-7-16-25)29(33)23-13-10-14-24(21-23)30-28(32)26-17-8-9-18-27(26)34-20-19-22-11-4-2-5-12-22/h2-18,21H,19-20H2,1H3,(H,30,32).